The fraction of sp³-hybridized carbons (Fsp3) is 0.421. The lowest BCUT2D eigenvalue weighted by atomic mass is 9.85. The first-order chi connectivity index (χ1) is 12.8. The first-order valence-electron chi connectivity index (χ1n) is 9.00. The van der Waals surface area contributed by atoms with Gasteiger partial charge in [0.1, 0.15) is 12.2 Å². The minimum absolute atomic E-state index is 0.0463. The van der Waals surface area contributed by atoms with Crippen LogP contribution in [0.5, 0.6) is 0 Å². The molecule has 0 saturated heterocycles. The summed E-state index contributed by atoms with van der Waals surface area (Å²) in [5.74, 6) is 0.824. The largest absolute Gasteiger partial charge is 0.396 e. The van der Waals surface area contributed by atoms with E-state index in [0.717, 1.165) is 42.4 Å². The summed E-state index contributed by atoms with van der Waals surface area (Å²) in [6.07, 6.45) is 4.12. The Bertz CT molecular complexity index is 890. The number of carbonyl (C=O) groups excluding carboxylic acids is 1. The third-order valence-electron chi connectivity index (χ3n) is 5.11. The summed E-state index contributed by atoms with van der Waals surface area (Å²) >= 11 is 1.51. The maximum Gasteiger partial charge on any atom is 0.240 e. The van der Waals surface area contributed by atoms with Crippen molar-refractivity contribution in [3.8, 4) is 11.5 Å². The second-order valence-corrected chi connectivity index (χ2v) is 7.50. The SMILES string of the molecule is O=C(Cn1c(-c2cscn2)nc2ccccc21)N[C@@H]1CCCC[C@H]1CO. The monoisotopic (exact) mass is 370 g/mol. The van der Waals surface area contributed by atoms with E-state index in [1.807, 2.05) is 34.2 Å². The Balaban J connectivity index is 1.60. The van der Waals surface area contributed by atoms with Gasteiger partial charge in [0.05, 0.1) is 16.5 Å². The molecular weight excluding hydrogens is 348 g/mol. The zero-order chi connectivity index (χ0) is 17.9. The Hall–Kier alpha value is -2.25. The molecule has 0 spiro atoms. The summed E-state index contributed by atoms with van der Waals surface area (Å²) in [6, 6.07) is 7.87. The Labute approximate surface area is 155 Å². The van der Waals surface area contributed by atoms with Crippen LogP contribution in [-0.2, 0) is 11.3 Å². The van der Waals surface area contributed by atoms with Gasteiger partial charge in [-0.05, 0) is 25.0 Å². The van der Waals surface area contributed by atoms with Gasteiger partial charge in [0.15, 0.2) is 5.82 Å². The van der Waals surface area contributed by atoms with Crippen LogP contribution in [-0.4, -0.2) is 38.2 Å². The van der Waals surface area contributed by atoms with Crippen molar-refractivity contribution < 1.29 is 9.90 Å². The number of para-hydroxylation sites is 2. The highest BCUT2D eigenvalue weighted by atomic mass is 32.1. The molecule has 3 aromatic rings. The van der Waals surface area contributed by atoms with Crippen molar-refractivity contribution in [3.05, 3.63) is 35.2 Å². The van der Waals surface area contributed by atoms with E-state index < -0.39 is 0 Å². The molecule has 2 atom stereocenters. The van der Waals surface area contributed by atoms with Crippen LogP contribution in [0.1, 0.15) is 25.7 Å². The van der Waals surface area contributed by atoms with Gasteiger partial charge in [0.2, 0.25) is 5.91 Å². The summed E-state index contributed by atoms with van der Waals surface area (Å²) in [4.78, 5) is 21.8. The molecule has 6 nitrogen and oxygen atoms in total. The number of imidazole rings is 1. The zero-order valence-electron chi connectivity index (χ0n) is 14.5. The highest BCUT2D eigenvalue weighted by molar-refractivity contribution is 7.07. The van der Waals surface area contributed by atoms with Crippen LogP contribution < -0.4 is 5.32 Å². The second kappa shape index (κ2) is 7.55. The summed E-state index contributed by atoms with van der Waals surface area (Å²) in [5, 5.41) is 14.6. The number of benzene rings is 1. The summed E-state index contributed by atoms with van der Waals surface area (Å²) in [5.41, 5.74) is 4.33. The summed E-state index contributed by atoms with van der Waals surface area (Å²) in [7, 11) is 0. The van der Waals surface area contributed by atoms with Crippen molar-refractivity contribution in [3.63, 3.8) is 0 Å². The molecular formula is C19H22N4O2S. The fourth-order valence-corrected chi connectivity index (χ4v) is 4.30. The Morgan fingerprint density at radius 2 is 2.15 bits per heavy atom. The first-order valence-corrected chi connectivity index (χ1v) is 9.94. The third-order valence-corrected chi connectivity index (χ3v) is 5.69. The van der Waals surface area contributed by atoms with E-state index in [9.17, 15) is 9.90 Å². The molecule has 0 aliphatic heterocycles. The maximum absolute atomic E-state index is 12.7. The number of carbonyl (C=O) groups is 1. The average molecular weight is 370 g/mol. The fourth-order valence-electron chi connectivity index (χ4n) is 3.77. The van der Waals surface area contributed by atoms with Crippen molar-refractivity contribution in [2.75, 3.05) is 6.61 Å². The number of rotatable bonds is 5. The van der Waals surface area contributed by atoms with Crippen LogP contribution in [0.25, 0.3) is 22.6 Å². The van der Waals surface area contributed by atoms with Gasteiger partial charge in [-0.25, -0.2) is 9.97 Å². The number of hydrogen-bond donors (Lipinski definition) is 2. The van der Waals surface area contributed by atoms with Gasteiger partial charge in [-0.15, -0.1) is 11.3 Å². The molecule has 2 heterocycles. The van der Waals surface area contributed by atoms with E-state index in [2.05, 4.69) is 15.3 Å². The molecule has 1 saturated carbocycles. The highest BCUT2D eigenvalue weighted by Gasteiger charge is 2.26. The molecule has 2 aromatic heterocycles. The van der Waals surface area contributed by atoms with Crippen LogP contribution >= 0.6 is 11.3 Å². The summed E-state index contributed by atoms with van der Waals surface area (Å²) in [6.45, 7) is 0.324. The van der Waals surface area contributed by atoms with E-state index in [4.69, 9.17) is 0 Å². The number of nitrogens with one attached hydrogen (secondary N) is 1. The standard InChI is InChI=1S/C19H22N4O2S/c24-10-13-5-1-2-6-14(13)21-18(25)9-23-17-8-4-3-7-15(17)22-19(23)16-11-26-12-20-16/h3-4,7-8,11-14,24H,1-2,5-6,9-10H2,(H,21,25)/t13-,14+/m0/s1. The van der Waals surface area contributed by atoms with Gasteiger partial charge in [0.25, 0.3) is 0 Å². The van der Waals surface area contributed by atoms with E-state index in [-0.39, 0.29) is 31.0 Å². The molecule has 1 amide bonds. The minimum atomic E-state index is -0.0463. The van der Waals surface area contributed by atoms with Crippen LogP contribution in [0.4, 0.5) is 0 Å². The van der Waals surface area contributed by atoms with Gasteiger partial charge in [-0.1, -0.05) is 25.0 Å². The van der Waals surface area contributed by atoms with Crippen molar-refractivity contribution in [1.82, 2.24) is 19.9 Å². The number of aliphatic hydroxyl groups excluding tert-OH is 1. The number of amides is 1. The van der Waals surface area contributed by atoms with Crippen LogP contribution in [0.15, 0.2) is 35.2 Å². The van der Waals surface area contributed by atoms with Gasteiger partial charge < -0.3 is 15.0 Å². The van der Waals surface area contributed by atoms with Crippen LogP contribution in [0, 0.1) is 5.92 Å². The second-order valence-electron chi connectivity index (χ2n) is 6.79. The molecule has 1 aliphatic rings. The molecule has 1 aliphatic carbocycles. The van der Waals surface area contributed by atoms with E-state index in [0.29, 0.717) is 5.82 Å². The number of nitrogens with zero attached hydrogens (tertiary/aromatic N) is 3. The van der Waals surface area contributed by atoms with Gasteiger partial charge in [0, 0.05) is 23.9 Å². The van der Waals surface area contributed by atoms with E-state index in [1.54, 1.807) is 5.51 Å². The van der Waals surface area contributed by atoms with E-state index >= 15 is 0 Å². The molecule has 0 bridgehead atoms. The minimum Gasteiger partial charge on any atom is -0.396 e. The van der Waals surface area contributed by atoms with Gasteiger partial charge >= 0.3 is 0 Å². The Morgan fingerprint density at radius 1 is 1.31 bits per heavy atom. The predicted molar refractivity (Wildman–Crippen MR) is 102 cm³/mol. The Morgan fingerprint density at radius 3 is 2.96 bits per heavy atom. The molecule has 4 rings (SSSR count). The van der Waals surface area contributed by atoms with Gasteiger partial charge in [-0.2, -0.15) is 0 Å². The van der Waals surface area contributed by atoms with Crippen molar-refractivity contribution >= 4 is 28.3 Å². The quantitative estimate of drug-likeness (QED) is 0.724. The number of hydrogen-bond acceptors (Lipinski definition) is 5. The first kappa shape index (κ1) is 17.2. The number of aromatic nitrogens is 3. The highest BCUT2D eigenvalue weighted by Crippen LogP contribution is 2.26. The van der Waals surface area contributed by atoms with Crippen LogP contribution in [0.2, 0.25) is 0 Å². The van der Waals surface area contributed by atoms with Crippen LogP contribution in [0.3, 0.4) is 0 Å². The number of thiazole rings is 1. The molecule has 7 heteroatoms. The van der Waals surface area contributed by atoms with Crippen molar-refractivity contribution in [2.24, 2.45) is 5.92 Å². The number of aliphatic hydroxyl groups is 1. The summed E-state index contributed by atoms with van der Waals surface area (Å²) < 4.78 is 1.93. The molecule has 136 valence electrons. The third kappa shape index (κ3) is 3.37. The maximum atomic E-state index is 12.7. The molecule has 26 heavy (non-hydrogen) atoms. The lowest BCUT2D eigenvalue weighted by Gasteiger charge is -2.31. The number of fused-ring (bicyclic) bond motifs is 1. The van der Waals surface area contributed by atoms with E-state index in [1.165, 1.54) is 11.3 Å². The molecule has 1 fully saturated rings. The molecule has 0 radical (unpaired) electrons. The average Bonchev–Trinajstić information content (AvgIpc) is 3.30. The zero-order valence-corrected chi connectivity index (χ0v) is 15.3. The van der Waals surface area contributed by atoms with Gasteiger partial charge in [-0.3, -0.25) is 4.79 Å². The van der Waals surface area contributed by atoms with Crippen molar-refractivity contribution in [2.45, 2.75) is 38.3 Å². The molecule has 1 aromatic carbocycles. The smallest absolute Gasteiger partial charge is 0.240 e. The molecule has 0 unspecified atom stereocenters. The molecule has 2 N–H and O–H groups in total. The normalized spacial score (nSPS) is 20.3. The van der Waals surface area contributed by atoms with Crippen molar-refractivity contribution in [1.29, 1.82) is 0 Å². The Kier molecular flexibility index (Phi) is 4.99. The predicted octanol–water partition coefficient (Wildman–Crippen LogP) is 2.83. The lowest BCUT2D eigenvalue weighted by molar-refractivity contribution is -0.123. The topological polar surface area (TPSA) is 80.0 Å². The lowest BCUT2D eigenvalue weighted by Crippen LogP contribution is -2.44.